The van der Waals surface area contributed by atoms with Gasteiger partial charge >= 0.3 is 0 Å². The Bertz CT molecular complexity index is 3970. The second-order valence-corrected chi connectivity index (χ2v) is 17.4. The molecule has 0 amide bonds. The van der Waals surface area contributed by atoms with Gasteiger partial charge in [0.2, 0.25) is 0 Å². The summed E-state index contributed by atoms with van der Waals surface area (Å²) in [5.74, 6) is 0. The Hall–Kier alpha value is -8.60. The smallest absolute Gasteiger partial charge is 0.0570 e. The number of rotatable bonds is 5. The van der Waals surface area contributed by atoms with Crippen molar-refractivity contribution in [1.82, 2.24) is 18.3 Å². The molecule has 0 radical (unpaired) electrons. The van der Waals surface area contributed by atoms with E-state index in [0.29, 0.717) is 0 Å². The molecule has 0 bridgehead atoms. The predicted octanol–water partition coefficient (Wildman–Crippen LogP) is 16.1. The highest BCUT2D eigenvalue weighted by atomic mass is 15.0. The van der Waals surface area contributed by atoms with Gasteiger partial charge in [0.05, 0.1) is 44.1 Å². The van der Waals surface area contributed by atoms with E-state index in [1.165, 1.54) is 92.8 Å². The van der Waals surface area contributed by atoms with Crippen molar-refractivity contribution in [2.45, 2.75) is 6.92 Å². The standard InChI is InChI=1S/C61H40N4/c1-39-17-16-25-53-52-24-8-15-32-60(52)65(61(39)53)45-36-41(35-44(38-45)64-58-30-13-6-22-50(58)51-23-7-14-31-59(51)64)40-33-42(62-54-26-9-2-18-46(54)47-19-3-10-27-55(47)62)37-43(34-40)63-56-28-11-4-20-48(56)49-21-5-12-29-57(49)63/h2-38H,1H3. The minimum absolute atomic E-state index is 1.10. The summed E-state index contributed by atoms with van der Waals surface area (Å²) in [6.07, 6.45) is 0. The lowest BCUT2D eigenvalue weighted by Crippen LogP contribution is -2.02. The van der Waals surface area contributed by atoms with Crippen molar-refractivity contribution in [2.75, 3.05) is 0 Å². The quantitative estimate of drug-likeness (QED) is 0.165. The summed E-state index contributed by atoms with van der Waals surface area (Å²) in [4.78, 5) is 0. The number of para-hydroxylation sites is 8. The zero-order valence-corrected chi connectivity index (χ0v) is 35.7. The molecular formula is C61H40N4. The molecule has 65 heavy (non-hydrogen) atoms. The van der Waals surface area contributed by atoms with E-state index in [2.05, 4.69) is 250 Å². The summed E-state index contributed by atoms with van der Waals surface area (Å²) in [7, 11) is 0. The van der Waals surface area contributed by atoms with Crippen LogP contribution < -0.4 is 0 Å². The van der Waals surface area contributed by atoms with Gasteiger partial charge in [-0.15, -0.1) is 0 Å². The Morgan fingerprint density at radius 3 is 0.800 bits per heavy atom. The van der Waals surface area contributed by atoms with Crippen LogP contribution in [0.3, 0.4) is 0 Å². The third-order valence-electron chi connectivity index (χ3n) is 13.8. The minimum Gasteiger partial charge on any atom is -0.309 e. The molecule has 0 N–H and O–H groups in total. The molecular weight excluding hydrogens is 789 g/mol. The summed E-state index contributed by atoms with van der Waals surface area (Å²) in [6, 6.07) is 82.9. The summed E-state index contributed by atoms with van der Waals surface area (Å²) in [6.45, 7) is 2.24. The number of aromatic nitrogens is 4. The molecule has 14 rings (SSSR count). The van der Waals surface area contributed by atoms with Crippen molar-refractivity contribution >= 4 is 87.2 Å². The van der Waals surface area contributed by atoms with Crippen molar-refractivity contribution in [3.63, 3.8) is 0 Å². The third-order valence-corrected chi connectivity index (χ3v) is 13.8. The van der Waals surface area contributed by atoms with Crippen molar-refractivity contribution in [3.05, 3.63) is 230 Å². The molecule has 0 spiro atoms. The minimum atomic E-state index is 1.10. The van der Waals surface area contributed by atoms with Gasteiger partial charge in [0, 0.05) is 65.8 Å². The second kappa shape index (κ2) is 13.7. The number of fused-ring (bicyclic) bond motifs is 12. The van der Waals surface area contributed by atoms with Crippen molar-refractivity contribution in [3.8, 4) is 33.9 Å². The van der Waals surface area contributed by atoms with E-state index in [0.717, 1.165) is 33.9 Å². The fourth-order valence-corrected chi connectivity index (χ4v) is 11.1. The maximum Gasteiger partial charge on any atom is 0.0570 e. The number of nitrogens with zero attached hydrogens (tertiary/aromatic N) is 4. The zero-order chi connectivity index (χ0) is 42.8. The SMILES string of the molecule is Cc1cccc2c3ccccc3n(-c3cc(-c4cc(-n5c6ccccc6c6ccccc65)cc(-n5c6ccccc6c6ccccc65)c4)cc(-n4c5ccccc5c5ccccc54)c3)c12. The normalized spacial score (nSPS) is 12.1. The van der Waals surface area contributed by atoms with E-state index >= 15 is 0 Å². The van der Waals surface area contributed by atoms with Crippen LogP contribution in [0.15, 0.2) is 224 Å². The first-order valence-corrected chi connectivity index (χ1v) is 22.4. The highest BCUT2D eigenvalue weighted by molar-refractivity contribution is 6.13. The Morgan fingerprint density at radius 2 is 0.477 bits per heavy atom. The van der Waals surface area contributed by atoms with E-state index in [1.54, 1.807) is 0 Å². The van der Waals surface area contributed by atoms with Crippen LogP contribution in [-0.4, -0.2) is 18.3 Å². The Labute approximate surface area is 374 Å². The molecule has 14 aromatic rings. The molecule has 4 heteroatoms. The predicted molar refractivity (Wildman–Crippen MR) is 274 cm³/mol. The van der Waals surface area contributed by atoms with Crippen LogP contribution >= 0.6 is 0 Å². The average Bonchev–Trinajstić information content (AvgIpc) is 4.09. The van der Waals surface area contributed by atoms with Crippen molar-refractivity contribution in [1.29, 1.82) is 0 Å². The van der Waals surface area contributed by atoms with Gasteiger partial charge in [0.15, 0.2) is 0 Å². The van der Waals surface area contributed by atoms with Crippen molar-refractivity contribution < 1.29 is 0 Å². The molecule has 304 valence electrons. The van der Waals surface area contributed by atoms with Gasteiger partial charge in [-0.2, -0.15) is 0 Å². The summed E-state index contributed by atoms with van der Waals surface area (Å²) in [5.41, 5.74) is 17.4. The molecule has 0 aliphatic heterocycles. The molecule has 10 aromatic carbocycles. The van der Waals surface area contributed by atoms with E-state index in [1.807, 2.05) is 0 Å². The second-order valence-electron chi connectivity index (χ2n) is 17.4. The lowest BCUT2D eigenvalue weighted by Gasteiger charge is -2.19. The van der Waals surface area contributed by atoms with Crippen LogP contribution in [0.5, 0.6) is 0 Å². The molecule has 4 aromatic heterocycles. The van der Waals surface area contributed by atoms with Crippen LogP contribution in [0.25, 0.3) is 121 Å². The summed E-state index contributed by atoms with van der Waals surface area (Å²) in [5, 5.41) is 9.94. The maximum atomic E-state index is 2.49. The molecule has 0 fully saturated rings. The lowest BCUT2D eigenvalue weighted by molar-refractivity contribution is 1.12. The average molecular weight is 829 g/mol. The van der Waals surface area contributed by atoms with Crippen LogP contribution in [0.1, 0.15) is 5.56 Å². The van der Waals surface area contributed by atoms with E-state index in [4.69, 9.17) is 0 Å². The van der Waals surface area contributed by atoms with Crippen LogP contribution in [-0.2, 0) is 0 Å². The van der Waals surface area contributed by atoms with Gasteiger partial charge in [0.25, 0.3) is 0 Å². The van der Waals surface area contributed by atoms with E-state index < -0.39 is 0 Å². The number of aryl methyl sites for hydroxylation is 1. The first kappa shape index (κ1) is 35.9. The molecule has 0 saturated heterocycles. The maximum absolute atomic E-state index is 2.49. The Morgan fingerprint density at radius 1 is 0.231 bits per heavy atom. The van der Waals surface area contributed by atoms with E-state index in [9.17, 15) is 0 Å². The first-order chi connectivity index (χ1) is 32.2. The summed E-state index contributed by atoms with van der Waals surface area (Å²) >= 11 is 0. The number of benzene rings is 10. The van der Waals surface area contributed by atoms with Crippen LogP contribution in [0.2, 0.25) is 0 Å². The fourth-order valence-electron chi connectivity index (χ4n) is 11.1. The van der Waals surface area contributed by atoms with Crippen LogP contribution in [0.4, 0.5) is 0 Å². The molecule has 0 aliphatic rings. The van der Waals surface area contributed by atoms with Gasteiger partial charge in [-0.1, -0.05) is 146 Å². The van der Waals surface area contributed by atoms with Gasteiger partial charge < -0.3 is 18.3 Å². The molecule has 4 nitrogen and oxygen atoms in total. The number of hydrogen-bond acceptors (Lipinski definition) is 0. The van der Waals surface area contributed by atoms with E-state index in [-0.39, 0.29) is 0 Å². The Kier molecular flexibility index (Phi) is 7.57. The van der Waals surface area contributed by atoms with Gasteiger partial charge in [-0.05, 0) is 102 Å². The monoisotopic (exact) mass is 828 g/mol. The molecule has 4 heterocycles. The molecule has 0 saturated carbocycles. The van der Waals surface area contributed by atoms with Crippen LogP contribution in [0, 0.1) is 6.92 Å². The third kappa shape index (κ3) is 5.19. The topological polar surface area (TPSA) is 19.7 Å². The number of hydrogen-bond donors (Lipinski definition) is 0. The zero-order valence-electron chi connectivity index (χ0n) is 35.7. The Balaban J connectivity index is 1.13. The van der Waals surface area contributed by atoms with Crippen molar-refractivity contribution in [2.24, 2.45) is 0 Å². The fraction of sp³-hybridized carbons (Fsp3) is 0.0164. The highest BCUT2D eigenvalue weighted by Gasteiger charge is 2.21. The van der Waals surface area contributed by atoms with Gasteiger partial charge in [-0.3, -0.25) is 0 Å². The summed E-state index contributed by atoms with van der Waals surface area (Å²) < 4.78 is 9.87. The molecule has 0 atom stereocenters. The molecule has 0 unspecified atom stereocenters. The molecule has 0 aliphatic carbocycles. The first-order valence-electron chi connectivity index (χ1n) is 22.4. The largest absolute Gasteiger partial charge is 0.309 e. The van der Waals surface area contributed by atoms with Gasteiger partial charge in [-0.25, -0.2) is 0 Å². The lowest BCUT2D eigenvalue weighted by atomic mass is 10.0. The highest BCUT2D eigenvalue weighted by Crippen LogP contribution is 2.42. The van der Waals surface area contributed by atoms with Gasteiger partial charge in [0.1, 0.15) is 0 Å².